The number of hydrogen-bond donors (Lipinski definition) is 2. The van der Waals surface area contributed by atoms with Gasteiger partial charge in [0.05, 0.1) is 12.7 Å². The Hall–Kier alpha value is -1.43. The molecule has 1 heterocycles. The summed E-state index contributed by atoms with van der Waals surface area (Å²) in [5, 5.41) is 2.91. The predicted molar refractivity (Wildman–Crippen MR) is 82.0 cm³/mol. The largest absolute Gasteiger partial charge is 0.381 e. The highest BCUT2D eigenvalue weighted by Gasteiger charge is 2.35. The van der Waals surface area contributed by atoms with E-state index in [4.69, 9.17) is 15.2 Å². The molecule has 1 aromatic carbocycles. The van der Waals surface area contributed by atoms with E-state index >= 15 is 0 Å². The van der Waals surface area contributed by atoms with Crippen molar-refractivity contribution >= 4 is 11.6 Å². The fourth-order valence-electron chi connectivity index (χ4n) is 2.22. The van der Waals surface area contributed by atoms with Crippen LogP contribution in [0.15, 0.2) is 24.3 Å². The monoisotopic (exact) mass is 292 g/mol. The summed E-state index contributed by atoms with van der Waals surface area (Å²) in [5.74, 6) is -0.146. The molecule has 0 unspecified atom stereocenters. The van der Waals surface area contributed by atoms with Gasteiger partial charge in [-0.25, -0.2) is 0 Å². The van der Waals surface area contributed by atoms with Crippen LogP contribution in [0, 0.1) is 0 Å². The van der Waals surface area contributed by atoms with Gasteiger partial charge in [0, 0.05) is 18.9 Å². The first kappa shape index (κ1) is 15.9. The summed E-state index contributed by atoms with van der Waals surface area (Å²) in [6.45, 7) is 5.59. The van der Waals surface area contributed by atoms with Crippen molar-refractivity contribution in [2.75, 3.05) is 18.5 Å². The van der Waals surface area contributed by atoms with Crippen LogP contribution in [0.3, 0.4) is 0 Å². The van der Waals surface area contributed by atoms with Gasteiger partial charge in [0.15, 0.2) is 0 Å². The smallest absolute Gasteiger partial charge is 0.244 e. The molecule has 5 heteroatoms. The third-order valence-electron chi connectivity index (χ3n) is 3.61. The van der Waals surface area contributed by atoms with Crippen molar-refractivity contribution in [3.05, 3.63) is 29.8 Å². The second kappa shape index (κ2) is 7.02. The van der Waals surface area contributed by atoms with Crippen molar-refractivity contribution in [2.45, 2.75) is 44.9 Å². The SMILES string of the molecule is CC(C)OCc1cccc(NC(=O)C2(N)CCOCC2)c1. The van der Waals surface area contributed by atoms with Gasteiger partial charge in [-0.15, -0.1) is 0 Å². The quantitative estimate of drug-likeness (QED) is 0.871. The summed E-state index contributed by atoms with van der Waals surface area (Å²) in [7, 11) is 0. The van der Waals surface area contributed by atoms with Gasteiger partial charge in [-0.2, -0.15) is 0 Å². The summed E-state index contributed by atoms with van der Waals surface area (Å²) in [5.41, 5.74) is 7.12. The minimum Gasteiger partial charge on any atom is -0.381 e. The molecule has 1 saturated heterocycles. The van der Waals surface area contributed by atoms with E-state index in [0.29, 0.717) is 32.7 Å². The van der Waals surface area contributed by atoms with Crippen LogP contribution < -0.4 is 11.1 Å². The summed E-state index contributed by atoms with van der Waals surface area (Å²) in [4.78, 5) is 12.3. The Morgan fingerprint density at radius 3 is 2.81 bits per heavy atom. The van der Waals surface area contributed by atoms with Crippen molar-refractivity contribution in [3.8, 4) is 0 Å². The zero-order valence-corrected chi connectivity index (χ0v) is 12.7. The third-order valence-corrected chi connectivity index (χ3v) is 3.61. The van der Waals surface area contributed by atoms with Crippen molar-refractivity contribution in [1.82, 2.24) is 0 Å². The summed E-state index contributed by atoms with van der Waals surface area (Å²) < 4.78 is 10.8. The number of anilines is 1. The maximum Gasteiger partial charge on any atom is 0.244 e. The molecular formula is C16H24N2O3. The zero-order chi connectivity index (χ0) is 15.3. The minimum absolute atomic E-state index is 0.146. The van der Waals surface area contributed by atoms with Crippen molar-refractivity contribution < 1.29 is 14.3 Å². The Kier molecular flexibility index (Phi) is 5.33. The summed E-state index contributed by atoms with van der Waals surface area (Å²) in [6, 6.07) is 7.66. The number of hydrogen-bond acceptors (Lipinski definition) is 4. The number of nitrogens with one attached hydrogen (secondary N) is 1. The lowest BCUT2D eigenvalue weighted by Crippen LogP contribution is -2.54. The van der Waals surface area contributed by atoms with Crippen molar-refractivity contribution in [3.63, 3.8) is 0 Å². The number of nitrogens with two attached hydrogens (primary N) is 1. The average molecular weight is 292 g/mol. The van der Waals surface area contributed by atoms with Crippen molar-refractivity contribution in [2.24, 2.45) is 5.73 Å². The molecule has 0 spiro atoms. The molecule has 1 aliphatic heterocycles. The van der Waals surface area contributed by atoms with Gasteiger partial charge < -0.3 is 20.5 Å². The molecule has 3 N–H and O–H groups in total. The highest BCUT2D eigenvalue weighted by molar-refractivity contribution is 5.98. The first-order valence-electron chi connectivity index (χ1n) is 7.38. The first-order valence-corrected chi connectivity index (χ1v) is 7.38. The number of carbonyl (C=O) groups is 1. The molecule has 2 rings (SSSR count). The molecule has 0 aromatic heterocycles. The Bertz CT molecular complexity index is 482. The van der Waals surface area contributed by atoms with Crippen LogP contribution in [-0.4, -0.2) is 30.8 Å². The Morgan fingerprint density at radius 1 is 1.43 bits per heavy atom. The van der Waals surface area contributed by atoms with Crippen LogP contribution in [0.25, 0.3) is 0 Å². The standard InChI is InChI=1S/C16H24N2O3/c1-12(2)21-11-13-4-3-5-14(10-13)18-15(19)16(17)6-8-20-9-7-16/h3-5,10,12H,6-9,11,17H2,1-2H3,(H,18,19). The number of rotatable bonds is 5. The van der Waals surface area contributed by atoms with E-state index < -0.39 is 5.54 Å². The average Bonchev–Trinajstić information content (AvgIpc) is 2.46. The Labute approximate surface area is 125 Å². The molecule has 5 nitrogen and oxygen atoms in total. The van der Waals surface area contributed by atoms with E-state index in [1.807, 2.05) is 38.1 Å². The van der Waals surface area contributed by atoms with Crippen LogP contribution in [0.4, 0.5) is 5.69 Å². The predicted octanol–water partition coefficient (Wildman–Crippen LogP) is 2.06. The van der Waals surface area contributed by atoms with Crippen molar-refractivity contribution in [1.29, 1.82) is 0 Å². The molecule has 1 amide bonds. The fourth-order valence-corrected chi connectivity index (χ4v) is 2.22. The number of ether oxygens (including phenoxy) is 2. The number of amides is 1. The zero-order valence-electron chi connectivity index (χ0n) is 12.7. The lowest BCUT2D eigenvalue weighted by atomic mass is 9.90. The molecule has 0 atom stereocenters. The Balaban J connectivity index is 1.98. The van der Waals surface area contributed by atoms with E-state index in [1.165, 1.54) is 0 Å². The summed E-state index contributed by atoms with van der Waals surface area (Å²) in [6.07, 6.45) is 1.28. The van der Waals surface area contributed by atoms with Gasteiger partial charge >= 0.3 is 0 Å². The van der Waals surface area contributed by atoms with E-state index in [0.717, 1.165) is 11.3 Å². The van der Waals surface area contributed by atoms with Crippen LogP contribution in [0.5, 0.6) is 0 Å². The molecule has 0 saturated carbocycles. The number of carbonyl (C=O) groups excluding carboxylic acids is 1. The van der Waals surface area contributed by atoms with Crippen LogP contribution >= 0.6 is 0 Å². The molecule has 1 fully saturated rings. The first-order chi connectivity index (χ1) is 9.99. The molecule has 1 aliphatic rings. The van der Waals surface area contributed by atoms with Gasteiger partial charge in [-0.3, -0.25) is 4.79 Å². The lowest BCUT2D eigenvalue weighted by Gasteiger charge is -2.31. The molecule has 0 bridgehead atoms. The van der Waals surface area contributed by atoms with Crippen LogP contribution in [0.1, 0.15) is 32.3 Å². The topological polar surface area (TPSA) is 73.6 Å². The molecule has 21 heavy (non-hydrogen) atoms. The highest BCUT2D eigenvalue weighted by Crippen LogP contribution is 2.21. The van der Waals surface area contributed by atoms with Gasteiger partial charge in [-0.05, 0) is 44.4 Å². The molecular weight excluding hydrogens is 268 g/mol. The molecule has 1 aromatic rings. The second-order valence-corrected chi connectivity index (χ2v) is 5.78. The normalized spacial score (nSPS) is 17.7. The molecule has 0 radical (unpaired) electrons. The number of benzene rings is 1. The van der Waals surface area contributed by atoms with Gasteiger partial charge in [0.1, 0.15) is 5.54 Å². The Morgan fingerprint density at radius 2 is 2.14 bits per heavy atom. The maximum atomic E-state index is 12.3. The van der Waals surface area contributed by atoms with Crippen LogP contribution in [-0.2, 0) is 20.9 Å². The highest BCUT2D eigenvalue weighted by atomic mass is 16.5. The fraction of sp³-hybridized carbons (Fsp3) is 0.562. The molecule has 116 valence electrons. The third kappa shape index (κ3) is 4.52. The minimum atomic E-state index is -0.831. The van der Waals surface area contributed by atoms with E-state index in [-0.39, 0.29) is 12.0 Å². The lowest BCUT2D eigenvalue weighted by molar-refractivity contribution is -0.124. The van der Waals surface area contributed by atoms with E-state index in [2.05, 4.69) is 5.32 Å². The van der Waals surface area contributed by atoms with Crippen LogP contribution in [0.2, 0.25) is 0 Å². The van der Waals surface area contributed by atoms with Gasteiger partial charge in [-0.1, -0.05) is 12.1 Å². The summed E-state index contributed by atoms with van der Waals surface area (Å²) >= 11 is 0. The maximum absolute atomic E-state index is 12.3. The van der Waals surface area contributed by atoms with E-state index in [1.54, 1.807) is 0 Å². The van der Waals surface area contributed by atoms with Gasteiger partial charge in [0.2, 0.25) is 5.91 Å². The second-order valence-electron chi connectivity index (χ2n) is 5.78. The molecule has 0 aliphatic carbocycles. The van der Waals surface area contributed by atoms with E-state index in [9.17, 15) is 4.79 Å². The van der Waals surface area contributed by atoms with Gasteiger partial charge in [0.25, 0.3) is 0 Å².